The number of rotatable bonds is 13. The summed E-state index contributed by atoms with van der Waals surface area (Å²) in [7, 11) is 1.27. The Labute approximate surface area is 287 Å². The Hall–Kier alpha value is -3.53. The van der Waals surface area contributed by atoms with Crippen molar-refractivity contribution in [2.24, 2.45) is 5.10 Å². The van der Waals surface area contributed by atoms with Crippen LogP contribution in [0.1, 0.15) is 36.6 Å². The number of amides is 2. The molecule has 14 heteroatoms. The summed E-state index contributed by atoms with van der Waals surface area (Å²) in [5.74, 6) is 0.654. The number of esters is 1. The molecule has 1 aliphatic rings. The first-order valence-electron chi connectivity index (χ1n) is 13.7. The molecule has 45 heavy (non-hydrogen) atoms. The van der Waals surface area contributed by atoms with Crippen LogP contribution in [0.25, 0.3) is 0 Å². The van der Waals surface area contributed by atoms with E-state index in [1.807, 2.05) is 31.2 Å². The van der Waals surface area contributed by atoms with E-state index in [1.165, 1.54) is 13.3 Å². The summed E-state index contributed by atoms with van der Waals surface area (Å²) in [5.41, 5.74) is 5.54. The monoisotopic (exact) mass is 812 g/mol. The lowest BCUT2D eigenvalue weighted by Gasteiger charge is -2.28. The van der Waals surface area contributed by atoms with Crippen LogP contribution in [0.4, 0.5) is 4.79 Å². The smallest absolute Gasteiger partial charge is 0.337 e. The van der Waals surface area contributed by atoms with Crippen molar-refractivity contribution in [3.63, 3.8) is 0 Å². The number of aliphatic hydroxyl groups excluding tert-OH is 1. The minimum atomic E-state index is -1.16. The van der Waals surface area contributed by atoms with E-state index < -0.39 is 24.3 Å². The molecule has 3 aromatic carbocycles. The van der Waals surface area contributed by atoms with Crippen molar-refractivity contribution in [2.75, 3.05) is 20.3 Å². The largest absolute Gasteiger partial charge is 0.490 e. The Balaban J connectivity index is 1.37. The lowest BCUT2D eigenvalue weighted by molar-refractivity contribution is -0.136. The third kappa shape index (κ3) is 9.25. The van der Waals surface area contributed by atoms with Crippen molar-refractivity contribution >= 4 is 68.3 Å². The fourth-order valence-corrected chi connectivity index (χ4v) is 5.70. The van der Waals surface area contributed by atoms with Crippen LogP contribution in [-0.4, -0.2) is 49.9 Å². The highest BCUT2D eigenvalue weighted by atomic mass is 127. The molecule has 11 nitrogen and oxygen atoms in total. The highest BCUT2D eigenvalue weighted by molar-refractivity contribution is 14.1. The summed E-state index contributed by atoms with van der Waals surface area (Å²) in [4.78, 5) is 24.6. The molecule has 1 heterocycles. The topological polar surface area (TPSA) is 140 Å². The maximum absolute atomic E-state index is 12.4. The molecule has 0 aromatic heterocycles. The number of nitrogens with zero attached hydrogens (tertiary/aromatic N) is 1. The molecule has 1 aliphatic heterocycles. The number of methoxy groups -OCH3 is 1. The number of carbonyl (C=O) groups excluding carboxylic acids is 2. The number of allylic oxidation sites excluding steroid dienone is 1. The second kappa shape index (κ2) is 16.2. The minimum Gasteiger partial charge on any atom is -0.490 e. The molecule has 0 saturated carbocycles. The van der Waals surface area contributed by atoms with Gasteiger partial charge in [0.2, 0.25) is 0 Å². The quantitative estimate of drug-likeness (QED) is 0.0559. The molecule has 4 rings (SSSR count). The summed E-state index contributed by atoms with van der Waals surface area (Å²) in [6, 6.07) is 15.3. The second-order valence-electron chi connectivity index (χ2n) is 9.64. The van der Waals surface area contributed by atoms with Gasteiger partial charge < -0.3 is 34.7 Å². The molecular formula is C31H31BrClIN4O7. The van der Waals surface area contributed by atoms with Gasteiger partial charge in [0.05, 0.1) is 41.0 Å². The molecule has 3 aromatic rings. The Morgan fingerprint density at radius 1 is 1.16 bits per heavy atom. The molecule has 0 unspecified atom stereocenters. The van der Waals surface area contributed by atoms with Gasteiger partial charge in [0.15, 0.2) is 23.5 Å². The number of carbonyl (C=O) groups is 2. The predicted octanol–water partition coefficient (Wildman–Crippen LogP) is 5.81. The van der Waals surface area contributed by atoms with Crippen LogP contribution < -0.4 is 30.3 Å². The normalized spacial score (nSPS) is 15.3. The summed E-state index contributed by atoms with van der Waals surface area (Å²) >= 11 is 12.2. The summed E-state index contributed by atoms with van der Waals surface area (Å²) in [6.07, 6.45) is 0.344. The molecular weight excluding hydrogens is 783 g/mol. The van der Waals surface area contributed by atoms with Gasteiger partial charge >= 0.3 is 12.0 Å². The van der Waals surface area contributed by atoms with E-state index in [-0.39, 0.29) is 12.2 Å². The van der Waals surface area contributed by atoms with E-state index in [1.54, 1.807) is 37.3 Å². The number of urea groups is 1. The zero-order valence-electron chi connectivity index (χ0n) is 24.5. The van der Waals surface area contributed by atoms with Crippen molar-refractivity contribution in [3.8, 4) is 17.2 Å². The first-order valence-corrected chi connectivity index (χ1v) is 15.9. The number of hydrazone groups is 1. The van der Waals surface area contributed by atoms with Gasteiger partial charge in [-0.05, 0) is 105 Å². The van der Waals surface area contributed by atoms with Crippen molar-refractivity contribution in [1.29, 1.82) is 0 Å². The molecule has 0 saturated heterocycles. The van der Waals surface area contributed by atoms with E-state index in [4.69, 9.17) is 30.5 Å². The average molecular weight is 814 g/mol. The highest BCUT2D eigenvalue weighted by Crippen LogP contribution is 2.36. The average Bonchev–Trinajstić information content (AvgIpc) is 3.00. The molecule has 0 bridgehead atoms. The van der Waals surface area contributed by atoms with Crippen molar-refractivity contribution < 1.29 is 33.6 Å². The predicted molar refractivity (Wildman–Crippen MR) is 182 cm³/mol. The number of hydrogen-bond acceptors (Lipinski definition) is 9. The lowest BCUT2D eigenvalue weighted by atomic mass is 9.95. The van der Waals surface area contributed by atoms with Crippen LogP contribution in [0.3, 0.4) is 0 Å². The Morgan fingerprint density at radius 2 is 1.91 bits per heavy atom. The van der Waals surface area contributed by atoms with Crippen LogP contribution in [0, 0.1) is 3.57 Å². The van der Waals surface area contributed by atoms with Gasteiger partial charge in [-0.2, -0.15) is 5.10 Å². The van der Waals surface area contributed by atoms with Crippen LogP contribution in [-0.2, 0) is 16.1 Å². The highest BCUT2D eigenvalue weighted by Gasteiger charge is 2.32. The molecule has 0 aliphatic carbocycles. The summed E-state index contributed by atoms with van der Waals surface area (Å²) in [5, 5.41) is 20.3. The van der Waals surface area contributed by atoms with Crippen molar-refractivity contribution in [2.45, 2.75) is 32.7 Å². The number of aliphatic hydroxyl groups is 1. The first-order chi connectivity index (χ1) is 21.6. The SMILES string of the molecule is CCOc1cc([C@@H]2NC(=O)NC(C)=C2C(=O)OC)ccc1OC[C@H](O)N/N=C\c1cc(Cl)c(OCc2ccc(I)cc2)c(Br)c1. The first kappa shape index (κ1) is 34.3. The molecule has 0 fully saturated rings. The van der Waals surface area contributed by atoms with E-state index >= 15 is 0 Å². The van der Waals surface area contributed by atoms with Gasteiger partial charge in [-0.3, -0.25) is 5.43 Å². The van der Waals surface area contributed by atoms with Gasteiger partial charge in [0.1, 0.15) is 13.2 Å². The Kier molecular flexibility index (Phi) is 12.3. The molecule has 4 N–H and O–H groups in total. The van der Waals surface area contributed by atoms with Gasteiger partial charge in [-0.25, -0.2) is 9.59 Å². The number of nitrogens with one attached hydrogen (secondary N) is 3. The Bertz CT molecular complexity index is 1580. The van der Waals surface area contributed by atoms with Crippen LogP contribution >= 0.6 is 50.1 Å². The van der Waals surface area contributed by atoms with Crippen molar-refractivity contribution in [1.82, 2.24) is 16.1 Å². The molecule has 2 amide bonds. The standard InChI is InChI=1S/C31H31BrClIN4O7/c1-4-43-25-13-20(28-27(30(40)42-3)17(2)36-31(41)37-28)7-10-24(25)44-16-26(39)38-35-14-19-11-22(32)29(23(33)12-19)45-15-18-5-8-21(34)9-6-18/h5-14,26,28,38-39H,4,15-16H2,1-3H3,(H2,36,37,41)/b35-14-/t26-,28-/m0/s1. The molecule has 0 radical (unpaired) electrons. The number of halogens is 3. The summed E-state index contributed by atoms with van der Waals surface area (Å²) in [6.45, 7) is 3.97. The molecule has 2 atom stereocenters. The fraction of sp³-hybridized carbons (Fsp3) is 0.258. The number of ether oxygens (including phenoxy) is 4. The number of benzene rings is 3. The molecule has 238 valence electrons. The summed E-state index contributed by atoms with van der Waals surface area (Å²) < 4.78 is 24.2. The van der Waals surface area contributed by atoms with E-state index in [2.05, 4.69) is 59.7 Å². The van der Waals surface area contributed by atoms with Crippen LogP contribution in [0.15, 0.2) is 75.4 Å². The lowest BCUT2D eigenvalue weighted by Crippen LogP contribution is -2.45. The van der Waals surface area contributed by atoms with Crippen LogP contribution in [0.2, 0.25) is 5.02 Å². The number of hydrogen-bond donors (Lipinski definition) is 4. The zero-order chi connectivity index (χ0) is 32.5. The van der Waals surface area contributed by atoms with E-state index in [0.29, 0.717) is 56.8 Å². The maximum Gasteiger partial charge on any atom is 0.337 e. The third-order valence-corrected chi connectivity index (χ3v) is 8.02. The van der Waals surface area contributed by atoms with Crippen molar-refractivity contribution in [3.05, 3.63) is 95.6 Å². The van der Waals surface area contributed by atoms with Crippen LogP contribution in [0.5, 0.6) is 17.2 Å². The Morgan fingerprint density at radius 3 is 2.60 bits per heavy atom. The van der Waals surface area contributed by atoms with E-state index in [0.717, 1.165) is 9.13 Å². The minimum absolute atomic E-state index is 0.164. The zero-order valence-corrected chi connectivity index (χ0v) is 29.0. The van der Waals surface area contributed by atoms with Gasteiger partial charge in [0.25, 0.3) is 0 Å². The second-order valence-corrected chi connectivity index (χ2v) is 12.2. The maximum atomic E-state index is 12.4. The molecule has 0 spiro atoms. The van der Waals surface area contributed by atoms with Gasteiger partial charge in [0, 0.05) is 9.27 Å². The van der Waals surface area contributed by atoms with Gasteiger partial charge in [-0.15, -0.1) is 0 Å². The third-order valence-electron chi connectivity index (χ3n) is 6.43. The van der Waals surface area contributed by atoms with E-state index in [9.17, 15) is 14.7 Å². The fourth-order valence-electron chi connectivity index (χ4n) is 4.35. The van der Waals surface area contributed by atoms with Gasteiger partial charge in [-0.1, -0.05) is 29.8 Å².